The van der Waals surface area contributed by atoms with Gasteiger partial charge in [-0.05, 0) is 54.1 Å². The van der Waals surface area contributed by atoms with Gasteiger partial charge in [-0.1, -0.05) is 18.2 Å². The van der Waals surface area contributed by atoms with Crippen LogP contribution >= 0.6 is 0 Å². The molecule has 0 atom stereocenters. The molecule has 0 aliphatic carbocycles. The van der Waals surface area contributed by atoms with Crippen molar-refractivity contribution in [3.8, 4) is 5.75 Å². The topological polar surface area (TPSA) is 78.2 Å². The molecule has 0 saturated heterocycles. The zero-order valence-corrected chi connectivity index (χ0v) is 18.7. The van der Waals surface area contributed by atoms with Crippen LogP contribution in [0.3, 0.4) is 0 Å². The minimum Gasteiger partial charge on any atom is -0.497 e. The van der Waals surface area contributed by atoms with E-state index in [4.69, 9.17) is 4.74 Å². The predicted molar refractivity (Wildman–Crippen MR) is 129 cm³/mol. The maximum absolute atomic E-state index is 14.0. The van der Waals surface area contributed by atoms with E-state index in [2.05, 4.69) is 10.3 Å². The van der Waals surface area contributed by atoms with Gasteiger partial charge in [-0.2, -0.15) is 0 Å². The fourth-order valence-electron chi connectivity index (χ4n) is 4.09. The van der Waals surface area contributed by atoms with E-state index >= 15 is 0 Å². The van der Waals surface area contributed by atoms with Crippen LogP contribution in [0.2, 0.25) is 0 Å². The smallest absolute Gasteiger partial charge is 0.278 e. The van der Waals surface area contributed by atoms with E-state index in [1.165, 1.54) is 51.9 Å². The van der Waals surface area contributed by atoms with Gasteiger partial charge in [0.15, 0.2) is 0 Å². The van der Waals surface area contributed by atoms with Crippen molar-refractivity contribution in [3.05, 3.63) is 101 Å². The summed E-state index contributed by atoms with van der Waals surface area (Å²) in [6.07, 6.45) is 1.41. The van der Waals surface area contributed by atoms with Crippen LogP contribution in [-0.4, -0.2) is 27.1 Å². The number of halogens is 2. The van der Waals surface area contributed by atoms with Crippen molar-refractivity contribution in [1.29, 1.82) is 0 Å². The number of hydrogen-bond donors (Lipinski definition) is 1. The highest BCUT2D eigenvalue weighted by molar-refractivity contribution is 6.06. The van der Waals surface area contributed by atoms with Crippen molar-refractivity contribution < 1.29 is 18.3 Å². The second-order valence-corrected chi connectivity index (χ2v) is 8.03. The Balaban J connectivity index is 1.58. The molecule has 5 aromatic rings. The van der Waals surface area contributed by atoms with Gasteiger partial charge in [0.2, 0.25) is 5.91 Å². The van der Waals surface area contributed by atoms with E-state index in [0.29, 0.717) is 22.2 Å². The van der Waals surface area contributed by atoms with Crippen LogP contribution in [0.25, 0.3) is 21.9 Å². The van der Waals surface area contributed by atoms with Crippen LogP contribution < -0.4 is 15.6 Å². The number of ether oxygens (including phenoxy) is 1. The molecule has 0 radical (unpaired) electrons. The van der Waals surface area contributed by atoms with Gasteiger partial charge in [-0.25, -0.2) is 13.8 Å². The third kappa shape index (κ3) is 4.35. The van der Waals surface area contributed by atoms with E-state index in [0.717, 1.165) is 5.56 Å². The van der Waals surface area contributed by atoms with Crippen molar-refractivity contribution in [3.63, 3.8) is 0 Å². The van der Waals surface area contributed by atoms with Gasteiger partial charge in [0.1, 0.15) is 35.0 Å². The average molecular weight is 474 g/mol. The van der Waals surface area contributed by atoms with Gasteiger partial charge < -0.3 is 14.6 Å². The second-order valence-electron chi connectivity index (χ2n) is 8.03. The van der Waals surface area contributed by atoms with Crippen molar-refractivity contribution in [2.24, 2.45) is 0 Å². The third-order valence-corrected chi connectivity index (χ3v) is 5.71. The second kappa shape index (κ2) is 9.02. The molecule has 2 heterocycles. The molecule has 0 unspecified atom stereocenters. The standard InChI is InChI=1S/C26H20F2N4O3/c1-35-20-8-5-16(6-9-20)13-31-15-29-24-21-12-18(28)7-10-22(21)32(25(24)26(31)34)14-23(33)30-19-4-2-3-17(27)11-19/h2-12,15H,13-14H2,1H3,(H,30,33). The van der Waals surface area contributed by atoms with Gasteiger partial charge in [-0.15, -0.1) is 0 Å². The molecule has 1 N–H and O–H groups in total. The van der Waals surface area contributed by atoms with Gasteiger partial charge in [0, 0.05) is 11.1 Å². The Hall–Kier alpha value is -4.53. The molecule has 9 heteroatoms. The van der Waals surface area contributed by atoms with Gasteiger partial charge in [-0.3, -0.25) is 14.2 Å². The summed E-state index contributed by atoms with van der Waals surface area (Å²) < 4.78 is 35.7. The Bertz CT molecular complexity index is 1620. The molecule has 0 saturated carbocycles. The summed E-state index contributed by atoms with van der Waals surface area (Å²) in [5.41, 5.74) is 1.73. The number of carbonyl (C=O) groups excluding carboxylic acids is 1. The number of nitrogens with one attached hydrogen (secondary N) is 1. The predicted octanol–water partition coefficient (Wildman–Crippen LogP) is 4.33. The average Bonchev–Trinajstić information content (AvgIpc) is 3.14. The summed E-state index contributed by atoms with van der Waals surface area (Å²) in [5.74, 6) is -0.740. The number of benzene rings is 3. The molecule has 0 spiro atoms. The number of aromatic nitrogens is 3. The van der Waals surface area contributed by atoms with Gasteiger partial charge in [0.05, 0.1) is 25.5 Å². The Morgan fingerprint density at radius 2 is 1.80 bits per heavy atom. The summed E-state index contributed by atoms with van der Waals surface area (Å²) >= 11 is 0. The summed E-state index contributed by atoms with van der Waals surface area (Å²) in [6.45, 7) is 0.00274. The number of carbonyl (C=O) groups is 1. The highest BCUT2D eigenvalue weighted by atomic mass is 19.1. The van der Waals surface area contributed by atoms with Crippen molar-refractivity contribution in [1.82, 2.24) is 14.1 Å². The molecule has 176 valence electrons. The highest BCUT2D eigenvalue weighted by Gasteiger charge is 2.19. The van der Waals surface area contributed by atoms with E-state index in [-0.39, 0.29) is 29.9 Å². The summed E-state index contributed by atoms with van der Waals surface area (Å²) in [4.78, 5) is 30.8. The number of rotatable bonds is 6. The summed E-state index contributed by atoms with van der Waals surface area (Å²) in [5, 5.41) is 3.05. The molecule has 0 aliphatic heterocycles. The minimum absolute atomic E-state index is 0.177. The van der Waals surface area contributed by atoms with E-state index in [9.17, 15) is 18.4 Å². The lowest BCUT2D eigenvalue weighted by Gasteiger charge is -2.10. The van der Waals surface area contributed by atoms with Gasteiger partial charge >= 0.3 is 0 Å². The number of methoxy groups -OCH3 is 1. The Morgan fingerprint density at radius 3 is 2.54 bits per heavy atom. The first-order chi connectivity index (χ1) is 16.9. The van der Waals surface area contributed by atoms with Crippen molar-refractivity contribution in [2.75, 3.05) is 12.4 Å². The third-order valence-electron chi connectivity index (χ3n) is 5.71. The zero-order chi connectivity index (χ0) is 24.5. The van der Waals surface area contributed by atoms with Crippen molar-refractivity contribution in [2.45, 2.75) is 13.1 Å². The molecule has 0 bridgehead atoms. The largest absolute Gasteiger partial charge is 0.497 e. The number of hydrogen-bond acceptors (Lipinski definition) is 4. The molecule has 0 aliphatic rings. The number of anilines is 1. The maximum atomic E-state index is 14.0. The van der Waals surface area contributed by atoms with E-state index < -0.39 is 17.5 Å². The molecule has 7 nitrogen and oxygen atoms in total. The van der Waals surface area contributed by atoms with Crippen LogP contribution in [0.15, 0.2) is 77.9 Å². The Morgan fingerprint density at radius 1 is 1.03 bits per heavy atom. The van der Waals surface area contributed by atoms with Crippen LogP contribution in [0.5, 0.6) is 5.75 Å². The lowest BCUT2D eigenvalue weighted by Crippen LogP contribution is -2.25. The number of fused-ring (bicyclic) bond motifs is 3. The first kappa shape index (κ1) is 22.3. The molecule has 2 aromatic heterocycles. The molecular weight excluding hydrogens is 454 g/mol. The molecule has 0 fully saturated rings. The van der Waals surface area contributed by atoms with Crippen LogP contribution in [-0.2, 0) is 17.9 Å². The molecule has 3 aromatic carbocycles. The SMILES string of the molecule is COc1ccc(Cn2cnc3c4cc(F)ccc4n(CC(=O)Nc4cccc(F)c4)c3c2=O)cc1. The summed E-state index contributed by atoms with van der Waals surface area (Å²) in [6, 6.07) is 16.8. The lowest BCUT2D eigenvalue weighted by molar-refractivity contribution is -0.116. The van der Waals surface area contributed by atoms with Crippen LogP contribution in [0, 0.1) is 11.6 Å². The zero-order valence-electron chi connectivity index (χ0n) is 18.7. The monoisotopic (exact) mass is 474 g/mol. The quantitative estimate of drug-likeness (QED) is 0.398. The first-order valence-corrected chi connectivity index (χ1v) is 10.8. The fraction of sp³-hybridized carbons (Fsp3) is 0.115. The molecular formula is C26H20F2N4O3. The first-order valence-electron chi connectivity index (χ1n) is 10.8. The Kier molecular flexibility index (Phi) is 5.74. The van der Waals surface area contributed by atoms with E-state index in [1.54, 1.807) is 25.3 Å². The molecule has 1 amide bonds. The Labute approximate surface area is 198 Å². The number of nitrogens with zero attached hydrogens (tertiary/aromatic N) is 3. The van der Waals surface area contributed by atoms with E-state index in [1.807, 2.05) is 12.1 Å². The maximum Gasteiger partial charge on any atom is 0.278 e. The normalized spacial score (nSPS) is 11.2. The summed E-state index contributed by atoms with van der Waals surface area (Å²) in [7, 11) is 1.57. The van der Waals surface area contributed by atoms with Crippen molar-refractivity contribution >= 4 is 33.5 Å². The fourth-order valence-corrected chi connectivity index (χ4v) is 4.09. The molecule has 5 rings (SSSR count). The molecule has 35 heavy (non-hydrogen) atoms. The van der Waals surface area contributed by atoms with Crippen LogP contribution in [0.1, 0.15) is 5.56 Å². The van der Waals surface area contributed by atoms with Gasteiger partial charge in [0.25, 0.3) is 5.56 Å². The highest BCUT2D eigenvalue weighted by Crippen LogP contribution is 2.26. The van der Waals surface area contributed by atoms with Crippen LogP contribution in [0.4, 0.5) is 14.5 Å². The lowest BCUT2D eigenvalue weighted by atomic mass is 10.2. The number of amides is 1. The minimum atomic E-state index is -0.485.